The fraction of sp³-hybridized carbons (Fsp3) is 0.562. The summed E-state index contributed by atoms with van der Waals surface area (Å²) in [6, 6.07) is 7.77. The molecule has 2 saturated heterocycles. The van der Waals surface area contributed by atoms with Gasteiger partial charge in [-0.2, -0.15) is 0 Å². The van der Waals surface area contributed by atoms with Gasteiger partial charge in [0.15, 0.2) is 0 Å². The van der Waals surface area contributed by atoms with Crippen molar-refractivity contribution in [3.05, 3.63) is 35.4 Å². The van der Waals surface area contributed by atoms with E-state index in [0.717, 1.165) is 18.4 Å². The molecule has 21 heavy (non-hydrogen) atoms. The molecule has 1 aromatic rings. The van der Waals surface area contributed by atoms with Crippen LogP contribution in [0, 0.1) is 11.8 Å². The number of nitrogens with zero attached hydrogens (tertiary/aromatic N) is 1. The standard InChI is InChI=1S/C16H22N2O2.ClH/c1-20-16(19)13-4-2-12(3-5-13)10-18-7-6-14-8-17-9-15(14)11-18;/h2-5,14-15,17H,6-11H2,1H3;1H. The van der Waals surface area contributed by atoms with E-state index in [1.807, 2.05) is 24.3 Å². The second-order valence-corrected chi connectivity index (χ2v) is 5.89. The summed E-state index contributed by atoms with van der Waals surface area (Å²) in [4.78, 5) is 13.9. The zero-order valence-corrected chi connectivity index (χ0v) is 13.2. The van der Waals surface area contributed by atoms with Gasteiger partial charge < -0.3 is 10.1 Å². The largest absolute Gasteiger partial charge is 0.465 e. The molecular weight excluding hydrogens is 288 g/mol. The lowest BCUT2D eigenvalue weighted by atomic mass is 9.88. The van der Waals surface area contributed by atoms with Crippen LogP contribution in [0.4, 0.5) is 0 Å². The van der Waals surface area contributed by atoms with Crippen LogP contribution in [0.2, 0.25) is 0 Å². The summed E-state index contributed by atoms with van der Waals surface area (Å²) in [6.07, 6.45) is 1.30. The van der Waals surface area contributed by atoms with Crippen molar-refractivity contribution >= 4 is 18.4 Å². The fourth-order valence-electron chi connectivity index (χ4n) is 3.38. The fourth-order valence-corrected chi connectivity index (χ4v) is 3.38. The molecule has 2 heterocycles. The number of hydrogen-bond acceptors (Lipinski definition) is 4. The Morgan fingerprint density at radius 2 is 2.00 bits per heavy atom. The van der Waals surface area contributed by atoms with Gasteiger partial charge in [-0.1, -0.05) is 12.1 Å². The first-order valence-corrected chi connectivity index (χ1v) is 7.36. The minimum absolute atomic E-state index is 0. The highest BCUT2D eigenvalue weighted by molar-refractivity contribution is 5.89. The number of methoxy groups -OCH3 is 1. The number of hydrogen-bond donors (Lipinski definition) is 1. The second-order valence-electron chi connectivity index (χ2n) is 5.89. The summed E-state index contributed by atoms with van der Waals surface area (Å²) in [6.45, 7) is 5.72. The Morgan fingerprint density at radius 1 is 1.29 bits per heavy atom. The SMILES string of the molecule is COC(=O)c1ccc(CN2CCC3CNCC3C2)cc1.Cl. The first kappa shape index (κ1) is 16.3. The van der Waals surface area contributed by atoms with Crippen LogP contribution in [0.3, 0.4) is 0 Å². The molecule has 2 atom stereocenters. The summed E-state index contributed by atoms with van der Waals surface area (Å²) in [5.74, 6) is 1.43. The van der Waals surface area contributed by atoms with E-state index in [1.165, 1.54) is 45.3 Å². The Hall–Kier alpha value is -1.10. The van der Waals surface area contributed by atoms with Crippen molar-refractivity contribution in [3.8, 4) is 0 Å². The summed E-state index contributed by atoms with van der Waals surface area (Å²) < 4.78 is 4.72. The van der Waals surface area contributed by atoms with Gasteiger partial charge in [0.05, 0.1) is 12.7 Å². The normalized spacial score (nSPS) is 25.0. The molecule has 0 aromatic heterocycles. The van der Waals surface area contributed by atoms with Crippen LogP contribution in [-0.2, 0) is 11.3 Å². The predicted octanol–water partition coefficient (Wildman–Crippen LogP) is 1.94. The number of carbonyl (C=O) groups is 1. The third kappa shape index (κ3) is 3.76. The molecule has 0 aliphatic carbocycles. The van der Waals surface area contributed by atoms with Gasteiger partial charge in [0.2, 0.25) is 0 Å². The number of halogens is 1. The number of likely N-dealkylation sites (tertiary alicyclic amines) is 1. The highest BCUT2D eigenvalue weighted by atomic mass is 35.5. The van der Waals surface area contributed by atoms with Crippen molar-refractivity contribution in [1.29, 1.82) is 0 Å². The van der Waals surface area contributed by atoms with Crippen LogP contribution in [-0.4, -0.2) is 44.2 Å². The third-order valence-corrected chi connectivity index (χ3v) is 4.57. The minimum Gasteiger partial charge on any atom is -0.465 e. The van der Waals surface area contributed by atoms with E-state index in [2.05, 4.69) is 10.2 Å². The summed E-state index contributed by atoms with van der Waals surface area (Å²) in [5, 5.41) is 3.50. The van der Waals surface area contributed by atoms with Crippen molar-refractivity contribution in [1.82, 2.24) is 10.2 Å². The average Bonchev–Trinajstić information content (AvgIpc) is 2.95. The van der Waals surface area contributed by atoms with Gasteiger partial charge in [-0.25, -0.2) is 4.79 Å². The van der Waals surface area contributed by atoms with Crippen LogP contribution in [0.15, 0.2) is 24.3 Å². The van der Waals surface area contributed by atoms with Gasteiger partial charge in [-0.15, -0.1) is 12.4 Å². The molecule has 2 unspecified atom stereocenters. The molecule has 1 aromatic carbocycles. The second kappa shape index (κ2) is 7.25. The maximum Gasteiger partial charge on any atom is 0.337 e. The first-order valence-electron chi connectivity index (χ1n) is 7.36. The lowest BCUT2D eigenvalue weighted by molar-refractivity contribution is 0.0600. The summed E-state index contributed by atoms with van der Waals surface area (Å²) in [5.41, 5.74) is 1.89. The van der Waals surface area contributed by atoms with Gasteiger partial charge in [-0.3, -0.25) is 4.90 Å². The zero-order valence-electron chi connectivity index (χ0n) is 12.4. The van der Waals surface area contributed by atoms with E-state index in [4.69, 9.17) is 4.74 Å². The Kier molecular flexibility index (Phi) is 5.62. The molecule has 4 nitrogen and oxygen atoms in total. The van der Waals surface area contributed by atoms with E-state index in [9.17, 15) is 4.79 Å². The Morgan fingerprint density at radius 3 is 2.71 bits per heavy atom. The molecule has 0 amide bonds. The van der Waals surface area contributed by atoms with Crippen LogP contribution >= 0.6 is 12.4 Å². The molecule has 0 bridgehead atoms. The lowest BCUT2D eigenvalue weighted by Crippen LogP contribution is -2.39. The zero-order chi connectivity index (χ0) is 13.9. The van der Waals surface area contributed by atoms with Crippen LogP contribution < -0.4 is 5.32 Å². The predicted molar refractivity (Wildman–Crippen MR) is 84.8 cm³/mol. The van der Waals surface area contributed by atoms with Crippen LogP contribution in [0.5, 0.6) is 0 Å². The molecule has 2 aliphatic rings. The van der Waals surface area contributed by atoms with Crippen molar-refractivity contribution in [2.24, 2.45) is 11.8 Å². The van der Waals surface area contributed by atoms with Crippen molar-refractivity contribution in [3.63, 3.8) is 0 Å². The Balaban J connectivity index is 0.00000161. The maximum atomic E-state index is 11.4. The van der Waals surface area contributed by atoms with Crippen LogP contribution in [0.25, 0.3) is 0 Å². The average molecular weight is 311 g/mol. The topological polar surface area (TPSA) is 41.6 Å². The molecule has 0 radical (unpaired) electrons. The highest BCUT2D eigenvalue weighted by Gasteiger charge is 2.32. The molecule has 5 heteroatoms. The number of piperidine rings is 1. The molecule has 2 aliphatic heterocycles. The molecule has 116 valence electrons. The Labute approximate surface area is 132 Å². The van der Waals surface area contributed by atoms with E-state index in [0.29, 0.717) is 5.56 Å². The molecule has 0 saturated carbocycles. The molecule has 1 N–H and O–H groups in total. The van der Waals surface area contributed by atoms with Crippen molar-refractivity contribution in [2.45, 2.75) is 13.0 Å². The Bertz CT molecular complexity index is 478. The highest BCUT2D eigenvalue weighted by Crippen LogP contribution is 2.27. The maximum absolute atomic E-state index is 11.4. The molecule has 3 rings (SSSR count). The molecule has 0 spiro atoms. The smallest absolute Gasteiger partial charge is 0.337 e. The monoisotopic (exact) mass is 310 g/mol. The van der Waals surface area contributed by atoms with Crippen LogP contribution in [0.1, 0.15) is 22.3 Å². The van der Waals surface area contributed by atoms with Gasteiger partial charge in [0.1, 0.15) is 0 Å². The van der Waals surface area contributed by atoms with Gasteiger partial charge in [0.25, 0.3) is 0 Å². The van der Waals surface area contributed by atoms with E-state index < -0.39 is 0 Å². The van der Waals surface area contributed by atoms with Crippen molar-refractivity contribution in [2.75, 3.05) is 33.3 Å². The number of carbonyl (C=O) groups excluding carboxylic acids is 1. The van der Waals surface area contributed by atoms with Gasteiger partial charge in [-0.05, 0) is 55.6 Å². The lowest BCUT2D eigenvalue weighted by Gasteiger charge is -2.34. The summed E-state index contributed by atoms with van der Waals surface area (Å²) in [7, 11) is 1.41. The number of rotatable bonds is 3. The van der Waals surface area contributed by atoms with E-state index >= 15 is 0 Å². The molecule has 2 fully saturated rings. The van der Waals surface area contributed by atoms with Gasteiger partial charge >= 0.3 is 5.97 Å². The number of esters is 1. The number of fused-ring (bicyclic) bond motifs is 1. The van der Waals surface area contributed by atoms with E-state index in [-0.39, 0.29) is 18.4 Å². The van der Waals surface area contributed by atoms with Gasteiger partial charge in [0, 0.05) is 13.1 Å². The molecular formula is C16H23ClN2O2. The minimum atomic E-state index is -0.269. The quantitative estimate of drug-likeness (QED) is 0.866. The summed E-state index contributed by atoms with van der Waals surface area (Å²) >= 11 is 0. The number of nitrogens with one attached hydrogen (secondary N) is 1. The van der Waals surface area contributed by atoms with Crippen molar-refractivity contribution < 1.29 is 9.53 Å². The number of benzene rings is 1. The van der Waals surface area contributed by atoms with E-state index in [1.54, 1.807) is 0 Å². The number of ether oxygens (including phenoxy) is 1. The first-order chi connectivity index (χ1) is 9.76. The third-order valence-electron chi connectivity index (χ3n) is 4.57.